The summed E-state index contributed by atoms with van der Waals surface area (Å²) >= 11 is 5.48. The van der Waals surface area contributed by atoms with Crippen LogP contribution >= 0.6 is 11.6 Å². The first-order valence-corrected chi connectivity index (χ1v) is 6.77. The number of alkyl halides is 1. The van der Waals surface area contributed by atoms with Crippen molar-refractivity contribution in [2.24, 2.45) is 0 Å². The van der Waals surface area contributed by atoms with E-state index in [2.05, 4.69) is 5.32 Å². The average Bonchev–Trinajstić information content (AvgIpc) is 2.72. The summed E-state index contributed by atoms with van der Waals surface area (Å²) in [5.74, 6) is -0.979. The largest absolute Gasteiger partial charge is 0.343 e. The van der Waals surface area contributed by atoms with Gasteiger partial charge in [-0.3, -0.25) is 4.79 Å². The third-order valence-electron chi connectivity index (χ3n) is 3.17. The van der Waals surface area contributed by atoms with Gasteiger partial charge in [-0.05, 0) is 38.5 Å². The van der Waals surface area contributed by atoms with Crippen LogP contribution in [0.5, 0.6) is 0 Å². The Kier molecular flexibility index (Phi) is 4.13. The standard InChI is InChI=1S/C14H18ClNO3/c1-9-6-11(14(3)18-8-10(2)19-14)4-5-12(9)16-13(17)7-15/h4-6,10H,7-8H2,1-3H3,(H,16,17). The van der Waals surface area contributed by atoms with Crippen LogP contribution < -0.4 is 5.32 Å². The Labute approximate surface area is 118 Å². The molecule has 1 N–H and O–H groups in total. The van der Waals surface area contributed by atoms with Crippen molar-refractivity contribution in [2.45, 2.75) is 32.7 Å². The normalized spacial score (nSPS) is 26.4. The second kappa shape index (κ2) is 5.49. The third kappa shape index (κ3) is 3.08. The molecule has 1 fully saturated rings. The summed E-state index contributed by atoms with van der Waals surface area (Å²) in [5.41, 5.74) is 2.64. The van der Waals surface area contributed by atoms with Gasteiger partial charge in [0.25, 0.3) is 0 Å². The van der Waals surface area contributed by atoms with Crippen molar-refractivity contribution >= 4 is 23.2 Å². The van der Waals surface area contributed by atoms with Gasteiger partial charge in [0.2, 0.25) is 5.91 Å². The van der Waals surface area contributed by atoms with Crippen LogP contribution in [0.2, 0.25) is 0 Å². The molecule has 0 aromatic heterocycles. The van der Waals surface area contributed by atoms with Gasteiger partial charge in [0.05, 0.1) is 12.7 Å². The second-order valence-corrected chi connectivity index (χ2v) is 5.16. The smallest absolute Gasteiger partial charge is 0.239 e. The summed E-state index contributed by atoms with van der Waals surface area (Å²) in [6.45, 7) is 6.39. The number of hydrogen-bond acceptors (Lipinski definition) is 3. The summed E-state index contributed by atoms with van der Waals surface area (Å²) in [7, 11) is 0. The fourth-order valence-corrected chi connectivity index (χ4v) is 2.22. The zero-order valence-corrected chi connectivity index (χ0v) is 12.1. The van der Waals surface area contributed by atoms with E-state index >= 15 is 0 Å². The van der Waals surface area contributed by atoms with E-state index in [0.717, 1.165) is 16.8 Å². The van der Waals surface area contributed by atoms with Gasteiger partial charge in [-0.1, -0.05) is 6.07 Å². The number of carbonyl (C=O) groups is 1. The SMILES string of the molecule is Cc1cc(C2(C)OCC(C)O2)ccc1NC(=O)CCl. The van der Waals surface area contributed by atoms with E-state index < -0.39 is 5.79 Å². The maximum Gasteiger partial charge on any atom is 0.239 e. The topological polar surface area (TPSA) is 47.6 Å². The van der Waals surface area contributed by atoms with Crippen LogP contribution in [0.4, 0.5) is 5.69 Å². The molecule has 19 heavy (non-hydrogen) atoms. The fourth-order valence-electron chi connectivity index (χ4n) is 2.15. The van der Waals surface area contributed by atoms with Crippen LogP contribution in [-0.4, -0.2) is 24.5 Å². The van der Waals surface area contributed by atoms with E-state index in [1.807, 2.05) is 39.0 Å². The van der Waals surface area contributed by atoms with Gasteiger partial charge < -0.3 is 14.8 Å². The van der Waals surface area contributed by atoms with Crippen molar-refractivity contribution in [3.63, 3.8) is 0 Å². The highest BCUT2D eigenvalue weighted by molar-refractivity contribution is 6.29. The zero-order valence-electron chi connectivity index (χ0n) is 11.3. The van der Waals surface area contributed by atoms with Crippen LogP contribution in [0, 0.1) is 6.92 Å². The van der Waals surface area contributed by atoms with Crippen LogP contribution in [-0.2, 0) is 20.1 Å². The maximum absolute atomic E-state index is 11.3. The molecule has 5 heteroatoms. The number of ether oxygens (including phenoxy) is 2. The van der Waals surface area contributed by atoms with Gasteiger partial charge in [-0.15, -0.1) is 11.6 Å². The lowest BCUT2D eigenvalue weighted by Gasteiger charge is -2.24. The molecule has 1 aromatic rings. The van der Waals surface area contributed by atoms with Crippen LogP contribution in [0.15, 0.2) is 18.2 Å². The van der Waals surface area contributed by atoms with E-state index in [9.17, 15) is 4.79 Å². The first-order valence-electron chi connectivity index (χ1n) is 6.23. The number of halogens is 1. The Bertz CT molecular complexity index is 492. The van der Waals surface area contributed by atoms with Crippen molar-refractivity contribution in [3.05, 3.63) is 29.3 Å². The number of amides is 1. The van der Waals surface area contributed by atoms with Gasteiger partial charge in [-0.2, -0.15) is 0 Å². The molecular weight excluding hydrogens is 266 g/mol. The van der Waals surface area contributed by atoms with Gasteiger partial charge in [0.1, 0.15) is 5.88 Å². The molecule has 0 saturated carbocycles. The second-order valence-electron chi connectivity index (χ2n) is 4.90. The molecule has 0 radical (unpaired) electrons. The van der Waals surface area contributed by atoms with E-state index in [1.54, 1.807) is 0 Å². The van der Waals surface area contributed by atoms with E-state index in [4.69, 9.17) is 21.1 Å². The molecule has 104 valence electrons. The van der Waals surface area contributed by atoms with Crippen LogP contribution in [0.3, 0.4) is 0 Å². The van der Waals surface area contributed by atoms with E-state index in [0.29, 0.717) is 6.61 Å². The Hall–Kier alpha value is -1.10. The fraction of sp³-hybridized carbons (Fsp3) is 0.500. The molecule has 1 aromatic carbocycles. The van der Waals surface area contributed by atoms with Crippen LogP contribution in [0.1, 0.15) is 25.0 Å². The van der Waals surface area contributed by atoms with Gasteiger partial charge in [0, 0.05) is 11.3 Å². The highest BCUT2D eigenvalue weighted by Crippen LogP contribution is 2.35. The quantitative estimate of drug-likeness (QED) is 0.868. The summed E-state index contributed by atoms with van der Waals surface area (Å²) < 4.78 is 11.5. The lowest BCUT2D eigenvalue weighted by Crippen LogP contribution is -2.23. The molecule has 0 bridgehead atoms. The number of rotatable bonds is 3. The van der Waals surface area contributed by atoms with Crippen molar-refractivity contribution in [3.8, 4) is 0 Å². The first kappa shape index (κ1) is 14.3. The van der Waals surface area contributed by atoms with Gasteiger partial charge >= 0.3 is 0 Å². The molecule has 2 atom stereocenters. The Balaban J connectivity index is 2.21. The highest BCUT2D eigenvalue weighted by Gasteiger charge is 2.37. The lowest BCUT2D eigenvalue weighted by molar-refractivity contribution is -0.159. The third-order valence-corrected chi connectivity index (χ3v) is 3.41. The number of hydrogen-bond donors (Lipinski definition) is 1. The predicted molar refractivity (Wildman–Crippen MR) is 74.4 cm³/mol. The Morgan fingerprint density at radius 3 is 2.84 bits per heavy atom. The number of benzene rings is 1. The number of anilines is 1. The summed E-state index contributed by atoms with van der Waals surface area (Å²) in [6.07, 6.45) is 0.0842. The zero-order chi connectivity index (χ0) is 14.0. The van der Waals surface area contributed by atoms with Crippen molar-refractivity contribution in [1.29, 1.82) is 0 Å². The van der Waals surface area contributed by atoms with Crippen molar-refractivity contribution in [1.82, 2.24) is 0 Å². The Morgan fingerprint density at radius 2 is 2.32 bits per heavy atom. The van der Waals surface area contributed by atoms with Gasteiger partial charge in [-0.25, -0.2) is 0 Å². The first-order chi connectivity index (χ1) is 8.94. The minimum absolute atomic E-state index is 0.0529. The summed E-state index contributed by atoms with van der Waals surface area (Å²) in [6, 6.07) is 5.70. The number of nitrogens with one attached hydrogen (secondary N) is 1. The molecule has 1 amide bonds. The summed E-state index contributed by atoms with van der Waals surface area (Å²) in [4.78, 5) is 11.3. The van der Waals surface area contributed by atoms with Crippen molar-refractivity contribution in [2.75, 3.05) is 17.8 Å². The molecule has 1 heterocycles. The molecule has 1 aliphatic rings. The minimum Gasteiger partial charge on any atom is -0.343 e. The number of carbonyl (C=O) groups excluding carboxylic acids is 1. The Morgan fingerprint density at radius 1 is 1.58 bits per heavy atom. The van der Waals surface area contributed by atoms with E-state index in [-0.39, 0.29) is 17.9 Å². The van der Waals surface area contributed by atoms with Crippen LogP contribution in [0.25, 0.3) is 0 Å². The predicted octanol–water partition coefficient (Wildman–Crippen LogP) is 2.78. The van der Waals surface area contributed by atoms with Gasteiger partial charge in [0.15, 0.2) is 5.79 Å². The summed E-state index contributed by atoms with van der Waals surface area (Å²) in [5, 5.41) is 2.75. The monoisotopic (exact) mass is 283 g/mol. The molecule has 4 nitrogen and oxygen atoms in total. The minimum atomic E-state index is -0.709. The van der Waals surface area contributed by atoms with Crippen molar-refractivity contribution < 1.29 is 14.3 Å². The highest BCUT2D eigenvalue weighted by atomic mass is 35.5. The maximum atomic E-state index is 11.3. The molecular formula is C14H18ClNO3. The average molecular weight is 284 g/mol. The molecule has 2 unspecified atom stereocenters. The molecule has 1 aliphatic heterocycles. The molecule has 0 aliphatic carbocycles. The molecule has 0 spiro atoms. The lowest BCUT2D eigenvalue weighted by atomic mass is 10.0. The van der Waals surface area contributed by atoms with E-state index in [1.165, 1.54) is 0 Å². The number of aryl methyl sites for hydroxylation is 1. The molecule has 2 rings (SSSR count). The molecule has 1 saturated heterocycles.